The summed E-state index contributed by atoms with van der Waals surface area (Å²) in [7, 11) is 2.20. The monoisotopic (exact) mass is 222 g/mol. The zero-order valence-corrected chi connectivity index (χ0v) is 10.6. The van der Waals surface area contributed by atoms with E-state index in [4.69, 9.17) is 0 Å². The SMILES string of the molecule is CCn1ccnc1CN1CCN(C)CC1C. The minimum Gasteiger partial charge on any atom is -0.334 e. The molecule has 1 aliphatic rings. The second kappa shape index (κ2) is 4.97. The molecule has 0 spiro atoms. The number of imidazole rings is 1. The smallest absolute Gasteiger partial charge is 0.122 e. The fourth-order valence-electron chi connectivity index (χ4n) is 2.37. The molecular weight excluding hydrogens is 200 g/mol. The Morgan fingerprint density at radius 3 is 2.94 bits per heavy atom. The van der Waals surface area contributed by atoms with Crippen LogP contribution in [0.3, 0.4) is 0 Å². The van der Waals surface area contributed by atoms with E-state index in [2.05, 4.69) is 46.4 Å². The number of nitrogens with zero attached hydrogens (tertiary/aromatic N) is 4. The molecule has 0 aromatic carbocycles. The van der Waals surface area contributed by atoms with Crippen LogP contribution in [0.5, 0.6) is 0 Å². The molecule has 2 heterocycles. The quantitative estimate of drug-likeness (QED) is 0.763. The third-order valence-corrected chi connectivity index (χ3v) is 3.46. The highest BCUT2D eigenvalue weighted by atomic mass is 15.3. The van der Waals surface area contributed by atoms with Crippen LogP contribution in [0.1, 0.15) is 19.7 Å². The summed E-state index contributed by atoms with van der Waals surface area (Å²) in [5.41, 5.74) is 0. The molecule has 1 fully saturated rings. The van der Waals surface area contributed by atoms with Crippen molar-refractivity contribution in [1.82, 2.24) is 19.4 Å². The standard InChI is InChI=1S/C12H22N4/c1-4-15-6-5-13-12(15)10-16-8-7-14(3)9-11(16)2/h5-6,11H,4,7-10H2,1-3H3. The van der Waals surface area contributed by atoms with Crippen molar-refractivity contribution in [2.24, 2.45) is 0 Å². The zero-order chi connectivity index (χ0) is 11.5. The van der Waals surface area contributed by atoms with Gasteiger partial charge in [-0.3, -0.25) is 4.90 Å². The van der Waals surface area contributed by atoms with Crippen molar-refractivity contribution in [3.63, 3.8) is 0 Å². The molecule has 16 heavy (non-hydrogen) atoms. The lowest BCUT2D eigenvalue weighted by molar-refractivity contribution is 0.0905. The molecule has 0 N–H and O–H groups in total. The van der Waals surface area contributed by atoms with Crippen molar-refractivity contribution in [3.05, 3.63) is 18.2 Å². The van der Waals surface area contributed by atoms with Crippen molar-refractivity contribution in [1.29, 1.82) is 0 Å². The molecule has 1 saturated heterocycles. The second-order valence-corrected chi connectivity index (χ2v) is 4.71. The maximum atomic E-state index is 4.44. The lowest BCUT2D eigenvalue weighted by atomic mass is 10.2. The minimum atomic E-state index is 0.626. The van der Waals surface area contributed by atoms with E-state index in [0.717, 1.165) is 32.7 Å². The average Bonchev–Trinajstić information content (AvgIpc) is 2.69. The average molecular weight is 222 g/mol. The number of hydrogen-bond donors (Lipinski definition) is 0. The van der Waals surface area contributed by atoms with Crippen molar-refractivity contribution in [2.75, 3.05) is 26.7 Å². The molecule has 1 atom stereocenters. The molecule has 0 aliphatic carbocycles. The number of hydrogen-bond acceptors (Lipinski definition) is 3. The van der Waals surface area contributed by atoms with Gasteiger partial charge in [0.25, 0.3) is 0 Å². The number of aryl methyl sites for hydroxylation is 1. The van der Waals surface area contributed by atoms with E-state index in [0.29, 0.717) is 6.04 Å². The van der Waals surface area contributed by atoms with Crippen molar-refractivity contribution in [3.8, 4) is 0 Å². The molecule has 4 nitrogen and oxygen atoms in total. The van der Waals surface area contributed by atoms with Crippen LogP contribution in [0.2, 0.25) is 0 Å². The molecule has 1 unspecified atom stereocenters. The van der Waals surface area contributed by atoms with E-state index in [1.165, 1.54) is 5.82 Å². The van der Waals surface area contributed by atoms with Gasteiger partial charge in [-0.25, -0.2) is 4.98 Å². The molecule has 1 aromatic heterocycles. The first-order chi connectivity index (χ1) is 7.70. The molecule has 0 radical (unpaired) electrons. The Kier molecular flexibility index (Phi) is 3.61. The van der Waals surface area contributed by atoms with Crippen LogP contribution >= 0.6 is 0 Å². The maximum absolute atomic E-state index is 4.44. The lowest BCUT2D eigenvalue weighted by Gasteiger charge is -2.37. The van der Waals surface area contributed by atoms with Crippen LogP contribution < -0.4 is 0 Å². The third-order valence-electron chi connectivity index (χ3n) is 3.46. The van der Waals surface area contributed by atoms with Crippen LogP contribution in [0.25, 0.3) is 0 Å². The number of rotatable bonds is 3. The van der Waals surface area contributed by atoms with Crippen molar-refractivity contribution < 1.29 is 0 Å². The van der Waals surface area contributed by atoms with Crippen molar-refractivity contribution >= 4 is 0 Å². The molecule has 0 bridgehead atoms. The fraction of sp³-hybridized carbons (Fsp3) is 0.750. The highest BCUT2D eigenvalue weighted by molar-refractivity contribution is 4.93. The number of likely N-dealkylation sites (N-methyl/N-ethyl adjacent to an activating group) is 1. The summed E-state index contributed by atoms with van der Waals surface area (Å²) in [6.07, 6.45) is 3.97. The first-order valence-corrected chi connectivity index (χ1v) is 6.13. The van der Waals surface area contributed by atoms with Gasteiger partial charge in [0, 0.05) is 44.6 Å². The first kappa shape index (κ1) is 11.6. The van der Waals surface area contributed by atoms with Gasteiger partial charge < -0.3 is 9.47 Å². The Balaban J connectivity index is 1.99. The molecule has 4 heteroatoms. The van der Waals surface area contributed by atoms with Gasteiger partial charge in [-0.1, -0.05) is 0 Å². The summed E-state index contributed by atoms with van der Waals surface area (Å²) in [4.78, 5) is 9.36. The summed E-state index contributed by atoms with van der Waals surface area (Å²) in [6.45, 7) is 9.93. The Hall–Kier alpha value is -0.870. The van der Waals surface area contributed by atoms with Gasteiger partial charge in [0.2, 0.25) is 0 Å². The number of aromatic nitrogens is 2. The molecule has 1 aliphatic heterocycles. The summed E-state index contributed by atoms with van der Waals surface area (Å²) >= 11 is 0. The van der Waals surface area contributed by atoms with Crippen molar-refractivity contribution in [2.45, 2.75) is 33.0 Å². The Morgan fingerprint density at radius 1 is 1.44 bits per heavy atom. The van der Waals surface area contributed by atoms with Crippen LogP contribution in [0.4, 0.5) is 0 Å². The van der Waals surface area contributed by atoms with E-state index in [9.17, 15) is 0 Å². The molecular formula is C12H22N4. The fourth-order valence-corrected chi connectivity index (χ4v) is 2.37. The molecule has 2 rings (SSSR count). The summed E-state index contributed by atoms with van der Waals surface area (Å²) in [5.74, 6) is 1.19. The highest BCUT2D eigenvalue weighted by Gasteiger charge is 2.22. The predicted octanol–water partition coefficient (Wildman–Crippen LogP) is 1.04. The van der Waals surface area contributed by atoms with Gasteiger partial charge in [-0.15, -0.1) is 0 Å². The van der Waals surface area contributed by atoms with Gasteiger partial charge in [0.05, 0.1) is 6.54 Å². The largest absolute Gasteiger partial charge is 0.334 e. The summed E-state index contributed by atoms with van der Waals surface area (Å²) in [6, 6.07) is 0.626. The van der Waals surface area contributed by atoms with Crippen LogP contribution in [0, 0.1) is 0 Å². The lowest BCUT2D eigenvalue weighted by Crippen LogP contribution is -2.50. The van der Waals surface area contributed by atoms with Crippen LogP contribution in [-0.2, 0) is 13.1 Å². The van der Waals surface area contributed by atoms with Gasteiger partial charge in [0.15, 0.2) is 0 Å². The third kappa shape index (κ3) is 2.44. The van der Waals surface area contributed by atoms with Gasteiger partial charge in [-0.05, 0) is 20.9 Å². The van der Waals surface area contributed by atoms with Gasteiger partial charge in [-0.2, -0.15) is 0 Å². The minimum absolute atomic E-state index is 0.626. The van der Waals surface area contributed by atoms with E-state index >= 15 is 0 Å². The summed E-state index contributed by atoms with van der Waals surface area (Å²) in [5, 5.41) is 0. The van der Waals surface area contributed by atoms with Crippen LogP contribution in [-0.4, -0.2) is 52.1 Å². The topological polar surface area (TPSA) is 24.3 Å². The van der Waals surface area contributed by atoms with Crippen LogP contribution in [0.15, 0.2) is 12.4 Å². The van der Waals surface area contributed by atoms with Gasteiger partial charge in [0.1, 0.15) is 5.82 Å². The maximum Gasteiger partial charge on any atom is 0.122 e. The predicted molar refractivity (Wildman–Crippen MR) is 65.3 cm³/mol. The second-order valence-electron chi connectivity index (χ2n) is 4.71. The van der Waals surface area contributed by atoms with Gasteiger partial charge >= 0.3 is 0 Å². The summed E-state index contributed by atoms with van der Waals surface area (Å²) < 4.78 is 2.23. The molecule has 0 saturated carbocycles. The Labute approximate surface area is 97.9 Å². The van der Waals surface area contributed by atoms with E-state index in [-0.39, 0.29) is 0 Å². The molecule has 0 amide bonds. The first-order valence-electron chi connectivity index (χ1n) is 6.13. The molecule has 90 valence electrons. The zero-order valence-electron chi connectivity index (χ0n) is 10.6. The van der Waals surface area contributed by atoms with E-state index in [1.54, 1.807) is 0 Å². The normalized spacial score (nSPS) is 23.8. The van der Waals surface area contributed by atoms with E-state index in [1.807, 2.05) is 6.20 Å². The molecule has 1 aromatic rings. The number of piperazine rings is 1. The van der Waals surface area contributed by atoms with E-state index < -0.39 is 0 Å². The Bertz CT molecular complexity index is 334. The highest BCUT2D eigenvalue weighted by Crippen LogP contribution is 2.11. The Morgan fingerprint density at radius 2 is 2.25 bits per heavy atom.